The molecule has 0 saturated carbocycles. The smallest absolute Gasteiger partial charge is 0.343 e. The number of carbonyl (C=O) groups is 2. The second kappa shape index (κ2) is 8.65. The number of carbonyl (C=O) groups excluding carboxylic acids is 2. The summed E-state index contributed by atoms with van der Waals surface area (Å²) in [7, 11) is 3.03. The molecule has 1 heterocycles. The molecule has 0 aliphatic carbocycles. The van der Waals surface area contributed by atoms with E-state index in [0.717, 1.165) is 11.8 Å². The van der Waals surface area contributed by atoms with Crippen molar-refractivity contribution in [1.29, 1.82) is 0 Å². The fraction of sp³-hybridized carbons (Fsp3) is 0.105. The molecular formula is C19H15IN2O5S. The van der Waals surface area contributed by atoms with Gasteiger partial charge in [-0.05, 0) is 82.4 Å². The number of amidine groups is 1. The third-order valence-corrected chi connectivity index (χ3v) is 5.32. The van der Waals surface area contributed by atoms with Gasteiger partial charge in [0.25, 0.3) is 5.91 Å². The first kappa shape index (κ1) is 20.2. The number of nitrogens with two attached hydrogens (primary N) is 1. The van der Waals surface area contributed by atoms with Crippen molar-refractivity contribution in [2.24, 2.45) is 10.7 Å². The Hall–Kier alpha value is -2.53. The Morgan fingerprint density at radius 1 is 1.18 bits per heavy atom. The van der Waals surface area contributed by atoms with Crippen LogP contribution in [-0.4, -0.2) is 31.3 Å². The van der Waals surface area contributed by atoms with E-state index < -0.39 is 5.97 Å². The highest BCUT2D eigenvalue weighted by molar-refractivity contribution is 14.1. The molecule has 1 amide bonds. The Kier molecular flexibility index (Phi) is 6.25. The first-order chi connectivity index (χ1) is 13.4. The van der Waals surface area contributed by atoms with Crippen LogP contribution in [0.5, 0.6) is 17.2 Å². The summed E-state index contributed by atoms with van der Waals surface area (Å²) in [5.41, 5.74) is 6.65. The largest absolute Gasteiger partial charge is 0.497 e. The monoisotopic (exact) mass is 510 g/mol. The average Bonchev–Trinajstić information content (AvgIpc) is 3.00. The normalized spacial score (nSPS) is 14.8. The van der Waals surface area contributed by atoms with Crippen LogP contribution in [-0.2, 0) is 4.79 Å². The maximum Gasteiger partial charge on any atom is 0.343 e. The molecule has 1 aliphatic rings. The Morgan fingerprint density at radius 3 is 2.46 bits per heavy atom. The van der Waals surface area contributed by atoms with E-state index in [1.165, 1.54) is 7.11 Å². The first-order valence-electron chi connectivity index (χ1n) is 7.93. The zero-order valence-corrected chi connectivity index (χ0v) is 17.9. The summed E-state index contributed by atoms with van der Waals surface area (Å²) < 4.78 is 16.7. The van der Waals surface area contributed by atoms with Gasteiger partial charge >= 0.3 is 5.97 Å². The van der Waals surface area contributed by atoms with Crippen molar-refractivity contribution in [1.82, 2.24) is 0 Å². The van der Waals surface area contributed by atoms with Gasteiger partial charge < -0.3 is 19.9 Å². The topological polar surface area (TPSA) is 100 Å². The van der Waals surface area contributed by atoms with Crippen LogP contribution in [0.15, 0.2) is 46.3 Å². The molecule has 0 aromatic heterocycles. The van der Waals surface area contributed by atoms with Crippen molar-refractivity contribution in [3.05, 3.63) is 56.0 Å². The standard InChI is InChI=1S/C19H15IN2O5S/c1-25-12-5-3-11(4-6-12)18(24)27-16-13(20)7-10(8-14(16)26-2)9-15-17(23)22-19(21)28-15/h3-9H,1-2H3,(H2,21,22,23)/b15-9-. The lowest BCUT2D eigenvalue weighted by Gasteiger charge is -2.12. The summed E-state index contributed by atoms with van der Waals surface area (Å²) in [6.45, 7) is 0. The van der Waals surface area contributed by atoms with Crippen LogP contribution in [0.25, 0.3) is 6.08 Å². The molecule has 0 unspecified atom stereocenters. The maximum absolute atomic E-state index is 12.5. The van der Waals surface area contributed by atoms with E-state index in [1.54, 1.807) is 49.6 Å². The summed E-state index contributed by atoms with van der Waals surface area (Å²) in [6, 6.07) is 10.0. The van der Waals surface area contributed by atoms with Gasteiger partial charge in [-0.15, -0.1) is 0 Å². The molecule has 0 saturated heterocycles. The molecule has 1 aliphatic heterocycles. The van der Waals surface area contributed by atoms with Crippen LogP contribution in [0.3, 0.4) is 0 Å². The molecule has 3 rings (SSSR count). The molecule has 2 aromatic carbocycles. The van der Waals surface area contributed by atoms with Gasteiger partial charge in [-0.1, -0.05) is 0 Å². The van der Waals surface area contributed by atoms with Crippen molar-refractivity contribution in [2.45, 2.75) is 0 Å². The molecule has 28 heavy (non-hydrogen) atoms. The lowest BCUT2D eigenvalue weighted by atomic mass is 10.1. The van der Waals surface area contributed by atoms with E-state index in [1.807, 2.05) is 22.6 Å². The number of esters is 1. The predicted octanol–water partition coefficient (Wildman–Crippen LogP) is 3.46. The number of ether oxygens (including phenoxy) is 3. The molecule has 7 nitrogen and oxygen atoms in total. The van der Waals surface area contributed by atoms with Gasteiger partial charge in [0, 0.05) is 0 Å². The molecule has 2 aromatic rings. The van der Waals surface area contributed by atoms with Gasteiger partial charge in [-0.3, -0.25) is 4.79 Å². The number of halogens is 1. The van der Waals surface area contributed by atoms with Gasteiger partial charge in [-0.2, -0.15) is 4.99 Å². The average molecular weight is 510 g/mol. The van der Waals surface area contributed by atoms with Crippen molar-refractivity contribution < 1.29 is 23.8 Å². The van der Waals surface area contributed by atoms with Crippen molar-refractivity contribution >= 4 is 57.5 Å². The summed E-state index contributed by atoms with van der Waals surface area (Å²) in [5, 5.41) is 0.211. The Balaban J connectivity index is 1.86. The van der Waals surface area contributed by atoms with Gasteiger partial charge in [0.2, 0.25) is 0 Å². The van der Waals surface area contributed by atoms with Crippen LogP contribution in [0, 0.1) is 3.57 Å². The Labute approximate surface area is 179 Å². The number of hydrogen-bond acceptors (Lipinski definition) is 7. The number of aliphatic imine (C=N–C) groups is 1. The highest BCUT2D eigenvalue weighted by Gasteiger charge is 2.21. The quantitative estimate of drug-likeness (QED) is 0.285. The third-order valence-electron chi connectivity index (χ3n) is 3.71. The summed E-state index contributed by atoms with van der Waals surface area (Å²) in [6.07, 6.45) is 1.66. The fourth-order valence-electron chi connectivity index (χ4n) is 2.38. The number of methoxy groups -OCH3 is 2. The van der Waals surface area contributed by atoms with E-state index in [4.69, 9.17) is 19.9 Å². The van der Waals surface area contributed by atoms with Crippen molar-refractivity contribution in [3.63, 3.8) is 0 Å². The number of amides is 1. The van der Waals surface area contributed by atoms with Gasteiger partial charge in [-0.25, -0.2) is 4.79 Å². The van der Waals surface area contributed by atoms with Crippen LogP contribution < -0.4 is 19.9 Å². The number of thioether (sulfide) groups is 1. The van der Waals surface area contributed by atoms with Crippen LogP contribution >= 0.6 is 34.4 Å². The van der Waals surface area contributed by atoms with Crippen LogP contribution in [0.1, 0.15) is 15.9 Å². The molecule has 144 valence electrons. The van der Waals surface area contributed by atoms with E-state index in [2.05, 4.69) is 4.99 Å². The number of benzene rings is 2. The second-order valence-corrected chi connectivity index (χ2v) is 7.74. The Bertz CT molecular complexity index is 1000. The second-order valence-electron chi connectivity index (χ2n) is 5.52. The minimum atomic E-state index is -0.521. The molecular weight excluding hydrogens is 495 g/mol. The van der Waals surface area contributed by atoms with Gasteiger partial charge in [0.15, 0.2) is 16.7 Å². The molecule has 0 spiro atoms. The van der Waals surface area contributed by atoms with E-state index in [0.29, 0.717) is 36.9 Å². The first-order valence-corrected chi connectivity index (χ1v) is 9.82. The van der Waals surface area contributed by atoms with Gasteiger partial charge in [0.1, 0.15) is 5.75 Å². The van der Waals surface area contributed by atoms with Gasteiger partial charge in [0.05, 0.1) is 28.3 Å². The molecule has 9 heteroatoms. The SMILES string of the molecule is COc1ccc(C(=O)Oc2c(I)cc(/C=C3\SC(N)=NC3=O)cc2OC)cc1. The number of nitrogens with zero attached hydrogens (tertiary/aromatic N) is 1. The molecule has 0 bridgehead atoms. The Morgan fingerprint density at radius 2 is 1.89 bits per heavy atom. The zero-order chi connectivity index (χ0) is 20.3. The highest BCUT2D eigenvalue weighted by atomic mass is 127. The van der Waals surface area contributed by atoms with Crippen LogP contribution in [0.2, 0.25) is 0 Å². The molecule has 0 atom stereocenters. The predicted molar refractivity (Wildman–Crippen MR) is 116 cm³/mol. The lowest BCUT2D eigenvalue weighted by molar-refractivity contribution is -0.113. The molecule has 2 N–H and O–H groups in total. The molecule has 0 radical (unpaired) electrons. The lowest BCUT2D eigenvalue weighted by Crippen LogP contribution is -2.10. The number of hydrogen-bond donors (Lipinski definition) is 1. The maximum atomic E-state index is 12.5. The summed E-state index contributed by atoms with van der Waals surface area (Å²) in [5.74, 6) is 0.404. The van der Waals surface area contributed by atoms with E-state index in [-0.39, 0.29) is 11.1 Å². The minimum Gasteiger partial charge on any atom is -0.497 e. The van der Waals surface area contributed by atoms with Crippen molar-refractivity contribution in [3.8, 4) is 17.2 Å². The fourth-order valence-corrected chi connectivity index (χ4v) is 3.80. The summed E-state index contributed by atoms with van der Waals surface area (Å²) >= 11 is 3.15. The number of rotatable bonds is 5. The third kappa shape index (κ3) is 4.47. The zero-order valence-electron chi connectivity index (χ0n) is 14.9. The van der Waals surface area contributed by atoms with E-state index >= 15 is 0 Å². The molecule has 0 fully saturated rings. The minimum absolute atomic E-state index is 0.211. The van der Waals surface area contributed by atoms with Crippen molar-refractivity contribution in [2.75, 3.05) is 14.2 Å². The summed E-state index contributed by atoms with van der Waals surface area (Å²) in [4.78, 5) is 28.3. The van der Waals surface area contributed by atoms with Crippen LogP contribution in [0.4, 0.5) is 0 Å². The highest BCUT2D eigenvalue weighted by Crippen LogP contribution is 2.36. The van der Waals surface area contributed by atoms with E-state index in [9.17, 15) is 9.59 Å².